The zero-order valence-electron chi connectivity index (χ0n) is 22.3. The van der Waals surface area contributed by atoms with E-state index in [0.29, 0.717) is 23.8 Å². The van der Waals surface area contributed by atoms with Crippen LogP contribution in [-0.2, 0) is 24.3 Å². The van der Waals surface area contributed by atoms with Crippen LogP contribution in [0.4, 0.5) is 0 Å². The first-order valence-corrected chi connectivity index (χ1v) is 15.4. The van der Waals surface area contributed by atoms with E-state index in [1.165, 1.54) is 42.8 Å². The van der Waals surface area contributed by atoms with Gasteiger partial charge in [0.15, 0.2) is 5.76 Å². The molecule has 0 bridgehead atoms. The number of ether oxygens (including phenoxy) is 3. The number of carbonyl (C=O) groups excluding carboxylic acids is 1. The predicted octanol–water partition coefficient (Wildman–Crippen LogP) is 3.58. The van der Waals surface area contributed by atoms with Crippen molar-refractivity contribution in [2.75, 3.05) is 33.4 Å². The average molecular weight is 551 g/mol. The first kappa shape index (κ1) is 28.9. The number of methoxy groups -OCH3 is 1. The molecule has 3 aliphatic rings. The number of sulfonamides is 1. The summed E-state index contributed by atoms with van der Waals surface area (Å²) in [4.78, 5) is 13.2. The molecule has 0 spiro atoms. The van der Waals surface area contributed by atoms with E-state index in [4.69, 9.17) is 14.2 Å². The smallest absolute Gasteiger partial charge is 0.286 e. The predicted molar refractivity (Wildman–Crippen MR) is 143 cm³/mol. The van der Waals surface area contributed by atoms with Crippen LogP contribution in [0, 0.1) is 11.8 Å². The van der Waals surface area contributed by atoms with Crippen molar-refractivity contribution in [2.45, 2.75) is 81.4 Å². The summed E-state index contributed by atoms with van der Waals surface area (Å²) in [6, 6.07) is 6.33. The molecule has 4 rings (SSSR count). The van der Waals surface area contributed by atoms with E-state index in [9.17, 15) is 18.3 Å². The van der Waals surface area contributed by atoms with Gasteiger partial charge >= 0.3 is 0 Å². The van der Waals surface area contributed by atoms with Crippen molar-refractivity contribution in [1.82, 2.24) is 9.62 Å². The monoisotopic (exact) mass is 550 g/mol. The molecule has 1 amide bonds. The molecular weight excluding hydrogens is 508 g/mol. The van der Waals surface area contributed by atoms with Gasteiger partial charge in [-0.25, -0.2) is 8.42 Å². The Bertz CT molecular complexity index is 1030. The van der Waals surface area contributed by atoms with Crippen molar-refractivity contribution < 1.29 is 32.5 Å². The van der Waals surface area contributed by atoms with E-state index < -0.39 is 16.3 Å². The zero-order valence-corrected chi connectivity index (χ0v) is 23.2. The number of nitrogens with zero attached hydrogens (tertiary/aromatic N) is 1. The SMILES string of the molecule is COc1ccc(S(=O)(=O)N(CCO)CCO[C@@H]2C[C@H](C3CCCC3)C=C(C(=O)NC3CCCCC3)O2)cc1. The van der Waals surface area contributed by atoms with Gasteiger partial charge in [-0.3, -0.25) is 4.79 Å². The van der Waals surface area contributed by atoms with E-state index in [0.717, 1.165) is 38.5 Å². The van der Waals surface area contributed by atoms with Crippen molar-refractivity contribution in [3.63, 3.8) is 0 Å². The third-order valence-corrected chi connectivity index (χ3v) is 9.86. The molecule has 38 heavy (non-hydrogen) atoms. The van der Waals surface area contributed by atoms with Gasteiger partial charge in [0, 0.05) is 25.6 Å². The minimum Gasteiger partial charge on any atom is -0.497 e. The van der Waals surface area contributed by atoms with Crippen molar-refractivity contribution in [2.24, 2.45) is 11.8 Å². The van der Waals surface area contributed by atoms with Crippen LogP contribution >= 0.6 is 0 Å². The molecule has 9 nitrogen and oxygen atoms in total. The molecule has 1 aliphatic heterocycles. The van der Waals surface area contributed by atoms with Crippen LogP contribution in [0.3, 0.4) is 0 Å². The first-order valence-electron chi connectivity index (χ1n) is 14.0. The van der Waals surface area contributed by atoms with Gasteiger partial charge in [-0.15, -0.1) is 0 Å². The maximum atomic E-state index is 13.2. The Balaban J connectivity index is 1.38. The highest BCUT2D eigenvalue weighted by atomic mass is 32.2. The number of nitrogens with one attached hydrogen (secondary N) is 1. The minimum absolute atomic E-state index is 0.0518. The molecule has 2 fully saturated rings. The first-order chi connectivity index (χ1) is 18.4. The van der Waals surface area contributed by atoms with Crippen LogP contribution in [0.2, 0.25) is 0 Å². The Kier molecular flexibility index (Phi) is 10.5. The fourth-order valence-electron chi connectivity index (χ4n) is 5.81. The standard InChI is InChI=1S/C28H42N2O7S/c1-35-24-11-13-25(14-12-24)38(33,34)30(15-17-31)16-18-36-27-20-22(21-7-5-6-8-21)19-26(37-27)28(32)29-23-9-3-2-4-10-23/h11-14,19,21-23,27,31H,2-10,15-18,20H2,1H3,(H,29,32)/t22-,27+/m1/s1. The van der Waals surface area contributed by atoms with Crippen LogP contribution < -0.4 is 10.1 Å². The maximum absolute atomic E-state index is 13.2. The topological polar surface area (TPSA) is 114 Å². The second-order valence-corrected chi connectivity index (χ2v) is 12.4. The maximum Gasteiger partial charge on any atom is 0.286 e. The normalized spacial score (nSPS) is 23.2. The summed E-state index contributed by atoms with van der Waals surface area (Å²) in [6.45, 7) is -0.235. The largest absolute Gasteiger partial charge is 0.497 e. The molecule has 2 atom stereocenters. The van der Waals surface area contributed by atoms with E-state index in [1.807, 2.05) is 6.08 Å². The lowest BCUT2D eigenvalue weighted by Gasteiger charge is -2.33. The lowest BCUT2D eigenvalue weighted by molar-refractivity contribution is -0.151. The van der Waals surface area contributed by atoms with Gasteiger partial charge in [-0.2, -0.15) is 4.31 Å². The lowest BCUT2D eigenvalue weighted by Crippen LogP contribution is -2.41. The van der Waals surface area contributed by atoms with Crippen LogP contribution in [0.25, 0.3) is 0 Å². The molecule has 2 aliphatic carbocycles. The van der Waals surface area contributed by atoms with Gasteiger partial charge in [0.25, 0.3) is 5.91 Å². The van der Waals surface area contributed by atoms with Gasteiger partial charge in [-0.1, -0.05) is 32.1 Å². The second kappa shape index (κ2) is 13.8. The van der Waals surface area contributed by atoms with Gasteiger partial charge in [0.2, 0.25) is 16.3 Å². The molecule has 0 radical (unpaired) electrons. The highest BCUT2D eigenvalue weighted by Gasteiger charge is 2.34. The van der Waals surface area contributed by atoms with Gasteiger partial charge < -0.3 is 24.6 Å². The van der Waals surface area contributed by atoms with Crippen LogP contribution in [0.15, 0.2) is 41.0 Å². The summed E-state index contributed by atoms with van der Waals surface area (Å²) >= 11 is 0. The molecule has 0 saturated heterocycles. The van der Waals surface area contributed by atoms with E-state index in [2.05, 4.69) is 5.32 Å². The molecular formula is C28H42N2O7S. The van der Waals surface area contributed by atoms with Gasteiger partial charge in [-0.05, 0) is 67.9 Å². The van der Waals surface area contributed by atoms with E-state index in [-0.39, 0.29) is 49.1 Å². The molecule has 10 heteroatoms. The minimum atomic E-state index is -3.83. The molecule has 0 aromatic heterocycles. The summed E-state index contributed by atoms with van der Waals surface area (Å²) in [5, 5.41) is 12.7. The number of aliphatic hydroxyl groups is 1. The summed E-state index contributed by atoms with van der Waals surface area (Å²) in [5.41, 5.74) is 0. The lowest BCUT2D eigenvalue weighted by atomic mass is 9.86. The van der Waals surface area contributed by atoms with Crippen molar-refractivity contribution in [1.29, 1.82) is 0 Å². The van der Waals surface area contributed by atoms with E-state index in [1.54, 1.807) is 12.1 Å². The number of hydrogen-bond donors (Lipinski definition) is 2. The Labute approximate surface area is 226 Å². The third-order valence-electron chi connectivity index (χ3n) is 7.95. The molecule has 1 aromatic carbocycles. The van der Waals surface area contributed by atoms with Crippen molar-refractivity contribution in [3.05, 3.63) is 36.1 Å². The molecule has 1 heterocycles. The van der Waals surface area contributed by atoms with Gasteiger partial charge in [0.1, 0.15) is 5.75 Å². The Morgan fingerprint density at radius 3 is 2.39 bits per heavy atom. The summed E-state index contributed by atoms with van der Waals surface area (Å²) in [6.07, 6.45) is 12.1. The summed E-state index contributed by atoms with van der Waals surface area (Å²) in [7, 11) is -2.32. The van der Waals surface area contributed by atoms with Crippen LogP contribution in [0.5, 0.6) is 5.75 Å². The fraction of sp³-hybridized carbons (Fsp3) is 0.679. The van der Waals surface area contributed by atoms with Crippen LogP contribution in [-0.4, -0.2) is 69.5 Å². The van der Waals surface area contributed by atoms with Gasteiger partial charge in [0.05, 0.1) is 25.2 Å². The average Bonchev–Trinajstić information content (AvgIpc) is 3.48. The Morgan fingerprint density at radius 1 is 1.05 bits per heavy atom. The number of benzene rings is 1. The molecule has 2 N–H and O–H groups in total. The number of aliphatic hydroxyl groups excluding tert-OH is 1. The quantitative estimate of drug-likeness (QED) is 0.409. The fourth-order valence-corrected chi connectivity index (χ4v) is 7.22. The Morgan fingerprint density at radius 2 is 1.74 bits per heavy atom. The van der Waals surface area contributed by atoms with E-state index >= 15 is 0 Å². The van der Waals surface area contributed by atoms with Crippen molar-refractivity contribution in [3.8, 4) is 5.75 Å². The Hall–Kier alpha value is -2.14. The number of amides is 1. The van der Waals surface area contributed by atoms with Crippen LogP contribution in [0.1, 0.15) is 64.2 Å². The number of rotatable bonds is 12. The molecule has 0 unspecified atom stereocenters. The highest BCUT2D eigenvalue weighted by Crippen LogP contribution is 2.38. The van der Waals surface area contributed by atoms with Crippen molar-refractivity contribution >= 4 is 15.9 Å². The summed E-state index contributed by atoms with van der Waals surface area (Å²) in [5.74, 6) is 1.39. The molecule has 212 valence electrons. The number of carbonyl (C=O) groups is 1. The second-order valence-electron chi connectivity index (χ2n) is 10.5. The molecule has 1 aromatic rings. The number of hydrogen-bond acceptors (Lipinski definition) is 7. The molecule has 2 saturated carbocycles. The number of allylic oxidation sites excluding steroid dienone is 1. The summed E-state index contributed by atoms with van der Waals surface area (Å²) < 4.78 is 44.7. The third kappa shape index (κ3) is 7.49. The zero-order chi connectivity index (χ0) is 27.0. The highest BCUT2D eigenvalue weighted by molar-refractivity contribution is 7.89.